The minimum absolute atomic E-state index is 0.0590. The van der Waals surface area contributed by atoms with Crippen molar-refractivity contribution in [3.63, 3.8) is 0 Å². The predicted molar refractivity (Wildman–Crippen MR) is 67.1 cm³/mol. The lowest BCUT2D eigenvalue weighted by atomic mass is 9.74. The monoisotopic (exact) mass is 240 g/mol. The van der Waals surface area contributed by atoms with Gasteiger partial charge in [-0.3, -0.25) is 4.79 Å². The molecule has 16 heavy (non-hydrogen) atoms. The molecule has 1 amide bonds. The average molecular weight is 240 g/mol. The fourth-order valence-electron chi connectivity index (χ4n) is 2.20. The molecule has 3 nitrogen and oxygen atoms in total. The van der Waals surface area contributed by atoms with Crippen LogP contribution in [-0.4, -0.2) is 24.0 Å². The van der Waals surface area contributed by atoms with Gasteiger partial charge in [0.05, 0.1) is 6.07 Å². The molecule has 0 aliphatic heterocycles. The van der Waals surface area contributed by atoms with E-state index in [0.717, 1.165) is 37.9 Å². The Morgan fingerprint density at radius 2 is 2.12 bits per heavy atom. The molecule has 0 bridgehead atoms. The maximum atomic E-state index is 12.1. The highest BCUT2D eigenvalue weighted by atomic mass is 32.2. The molecule has 1 N–H and O–H groups in total. The first-order valence-electron chi connectivity index (χ1n) is 5.86. The summed E-state index contributed by atoms with van der Waals surface area (Å²) in [6.45, 7) is 1.99. The Morgan fingerprint density at radius 1 is 1.50 bits per heavy atom. The minimum atomic E-state index is -0.745. The standard InChI is InChI=1S/C12H20N2OS/c1-10(8-16-2)14-11(15)12(9-13)6-4-3-5-7-12/h10H,3-8H2,1-2H3,(H,14,15). The normalized spacial score (nSPS) is 20.8. The summed E-state index contributed by atoms with van der Waals surface area (Å²) in [6, 6.07) is 2.39. The van der Waals surface area contributed by atoms with E-state index in [1.165, 1.54) is 0 Å². The average Bonchev–Trinajstić information content (AvgIpc) is 2.30. The molecule has 0 saturated heterocycles. The van der Waals surface area contributed by atoms with Crippen molar-refractivity contribution in [2.24, 2.45) is 5.41 Å². The van der Waals surface area contributed by atoms with Gasteiger partial charge in [0.1, 0.15) is 5.41 Å². The Balaban J connectivity index is 2.59. The van der Waals surface area contributed by atoms with E-state index in [0.29, 0.717) is 0 Å². The van der Waals surface area contributed by atoms with E-state index in [2.05, 4.69) is 11.4 Å². The first-order chi connectivity index (χ1) is 7.64. The lowest BCUT2D eigenvalue weighted by Crippen LogP contribution is -2.45. The summed E-state index contributed by atoms with van der Waals surface area (Å²) in [7, 11) is 0. The van der Waals surface area contributed by atoms with Gasteiger partial charge in [-0.05, 0) is 26.0 Å². The SMILES string of the molecule is CSCC(C)NC(=O)C1(C#N)CCCCC1. The van der Waals surface area contributed by atoms with Crippen molar-refractivity contribution >= 4 is 17.7 Å². The highest BCUT2D eigenvalue weighted by molar-refractivity contribution is 7.98. The van der Waals surface area contributed by atoms with E-state index < -0.39 is 5.41 Å². The van der Waals surface area contributed by atoms with E-state index in [4.69, 9.17) is 0 Å². The van der Waals surface area contributed by atoms with Crippen LogP contribution in [0.2, 0.25) is 0 Å². The number of hydrogen-bond donors (Lipinski definition) is 1. The van der Waals surface area contributed by atoms with Crippen LogP contribution in [0.5, 0.6) is 0 Å². The topological polar surface area (TPSA) is 52.9 Å². The van der Waals surface area contributed by atoms with E-state index in [-0.39, 0.29) is 11.9 Å². The van der Waals surface area contributed by atoms with E-state index in [1.54, 1.807) is 11.8 Å². The van der Waals surface area contributed by atoms with E-state index in [1.807, 2.05) is 13.2 Å². The molecular weight excluding hydrogens is 220 g/mol. The Kier molecular flexibility index (Phi) is 5.14. The number of carbonyl (C=O) groups excluding carboxylic acids is 1. The number of nitriles is 1. The van der Waals surface area contributed by atoms with Crippen LogP contribution in [0.15, 0.2) is 0 Å². The molecule has 0 radical (unpaired) electrons. The molecule has 0 aromatic rings. The van der Waals surface area contributed by atoms with Crippen molar-refractivity contribution < 1.29 is 4.79 Å². The Labute approximate surface area is 102 Å². The minimum Gasteiger partial charge on any atom is -0.351 e. The fraction of sp³-hybridized carbons (Fsp3) is 0.833. The maximum Gasteiger partial charge on any atom is 0.240 e. The predicted octanol–water partition coefficient (Wildman–Crippen LogP) is 2.33. The lowest BCUT2D eigenvalue weighted by molar-refractivity contribution is -0.130. The number of nitrogens with zero attached hydrogens (tertiary/aromatic N) is 1. The number of rotatable bonds is 4. The molecule has 0 aromatic heterocycles. The molecule has 1 aliphatic rings. The molecule has 1 aliphatic carbocycles. The van der Waals surface area contributed by atoms with Crippen LogP contribution in [-0.2, 0) is 4.79 Å². The van der Waals surface area contributed by atoms with Crippen LogP contribution in [0, 0.1) is 16.7 Å². The van der Waals surface area contributed by atoms with Crippen molar-refractivity contribution in [2.45, 2.75) is 45.1 Å². The quantitative estimate of drug-likeness (QED) is 0.820. The summed E-state index contributed by atoms with van der Waals surface area (Å²) < 4.78 is 0. The van der Waals surface area contributed by atoms with Gasteiger partial charge in [0, 0.05) is 11.8 Å². The molecule has 1 saturated carbocycles. The number of thioether (sulfide) groups is 1. The number of carbonyl (C=O) groups is 1. The Morgan fingerprint density at radius 3 is 2.62 bits per heavy atom. The van der Waals surface area contributed by atoms with Gasteiger partial charge in [0.25, 0.3) is 0 Å². The molecule has 0 aromatic carbocycles. The third-order valence-corrected chi connectivity index (χ3v) is 3.98. The third kappa shape index (κ3) is 3.15. The van der Waals surface area contributed by atoms with Crippen LogP contribution in [0.25, 0.3) is 0 Å². The Bertz CT molecular complexity index is 279. The second-order valence-corrected chi connectivity index (χ2v) is 5.50. The second-order valence-electron chi connectivity index (χ2n) is 4.58. The highest BCUT2D eigenvalue weighted by Crippen LogP contribution is 2.35. The fourth-order valence-corrected chi connectivity index (χ4v) is 2.78. The number of hydrogen-bond acceptors (Lipinski definition) is 3. The molecule has 0 heterocycles. The van der Waals surface area contributed by atoms with Crippen molar-refractivity contribution in [2.75, 3.05) is 12.0 Å². The molecule has 1 unspecified atom stereocenters. The van der Waals surface area contributed by atoms with Gasteiger partial charge < -0.3 is 5.32 Å². The molecule has 1 atom stereocenters. The number of nitrogens with one attached hydrogen (secondary N) is 1. The van der Waals surface area contributed by atoms with Crippen LogP contribution in [0.4, 0.5) is 0 Å². The third-order valence-electron chi connectivity index (χ3n) is 3.15. The first-order valence-corrected chi connectivity index (χ1v) is 7.25. The van der Waals surface area contributed by atoms with Crippen molar-refractivity contribution in [3.8, 4) is 6.07 Å². The second kappa shape index (κ2) is 6.15. The smallest absolute Gasteiger partial charge is 0.240 e. The van der Waals surface area contributed by atoms with Crippen molar-refractivity contribution in [1.82, 2.24) is 5.32 Å². The largest absolute Gasteiger partial charge is 0.351 e. The lowest BCUT2D eigenvalue weighted by Gasteiger charge is -2.30. The Hall–Kier alpha value is -0.690. The van der Waals surface area contributed by atoms with E-state index >= 15 is 0 Å². The summed E-state index contributed by atoms with van der Waals surface area (Å²) in [5.74, 6) is 0.837. The number of amides is 1. The van der Waals surface area contributed by atoms with E-state index in [9.17, 15) is 10.1 Å². The van der Waals surface area contributed by atoms with Crippen molar-refractivity contribution in [3.05, 3.63) is 0 Å². The maximum absolute atomic E-state index is 12.1. The van der Waals surface area contributed by atoms with Crippen LogP contribution in [0.1, 0.15) is 39.0 Å². The molecule has 0 spiro atoms. The van der Waals surface area contributed by atoms with Gasteiger partial charge in [-0.2, -0.15) is 17.0 Å². The summed E-state index contributed by atoms with van der Waals surface area (Å²) in [4.78, 5) is 12.1. The summed E-state index contributed by atoms with van der Waals surface area (Å²) >= 11 is 1.71. The van der Waals surface area contributed by atoms with Crippen LogP contribution >= 0.6 is 11.8 Å². The van der Waals surface area contributed by atoms with Crippen LogP contribution < -0.4 is 5.32 Å². The summed E-state index contributed by atoms with van der Waals surface area (Å²) in [6.07, 6.45) is 6.61. The molecule has 90 valence electrons. The van der Waals surface area contributed by atoms with Crippen LogP contribution in [0.3, 0.4) is 0 Å². The van der Waals surface area contributed by atoms with Crippen molar-refractivity contribution in [1.29, 1.82) is 5.26 Å². The first kappa shape index (κ1) is 13.4. The van der Waals surface area contributed by atoms with Gasteiger partial charge in [-0.15, -0.1) is 0 Å². The zero-order valence-electron chi connectivity index (χ0n) is 10.1. The molecule has 1 fully saturated rings. The molecule has 1 rings (SSSR count). The molecule has 4 heteroatoms. The van der Waals surface area contributed by atoms with Gasteiger partial charge in [-0.1, -0.05) is 19.3 Å². The summed E-state index contributed by atoms with van der Waals surface area (Å²) in [5, 5.41) is 12.2. The van der Waals surface area contributed by atoms with Gasteiger partial charge >= 0.3 is 0 Å². The van der Waals surface area contributed by atoms with Gasteiger partial charge in [0.15, 0.2) is 0 Å². The van der Waals surface area contributed by atoms with Gasteiger partial charge in [-0.25, -0.2) is 0 Å². The summed E-state index contributed by atoms with van der Waals surface area (Å²) in [5.41, 5.74) is -0.745. The highest BCUT2D eigenvalue weighted by Gasteiger charge is 2.40. The van der Waals surface area contributed by atoms with Gasteiger partial charge in [0.2, 0.25) is 5.91 Å². The molecular formula is C12H20N2OS. The zero-order valence-corrected chi connectivity index (χ0v) is 10.9. The zero-order chi connectivity index (χ0) is 12.0.